The monoisotopic (exact) mass is 277 g/mol. The van der Waals surface area contributed by atoms with Gasteiger partial charge >= 0.3 is 0 Å². The Balaban J connectivity index is 1.98. The molecule has 0 radical (unpaired) electrons. The van der Waals surface area contributed by atoms with Gasteiger partial charge in [-0.05, 0) is 19.8 Å². The molecular formula is C15H23N3O2. The van der Waals surface area contributed by atoms with Crippen LogP contribution in [-0.2, 0) is 15.1 Å². The fourth-order valence-electron chi connectivity index (χ4n) is 2.80. The van der Waals surface area contributed by atoms with Gasteiger partial charge in [0.25, 0.3) is 0 Å². The van der Waals surface area contributed by atoms with Crippen LogP contribution in [0.15, 0.2) is 6.07 Å². The van der Waals surface area contributed by atoms with Crippen molar-refractivity contribution < 1.29 is 9.47 Å². The highest BCUT2D eigenvalue weighted by Gasteiger charge is 2.39. The van der Waals surface area contributed by atoms with E-state index in [9.17, 15) is 0 Å². The zero-order valence-corrected chi connectivity index (χ0v) is 12.3. The number of aromatic nitrogens is 2. The van der Waals surface area contributed by atoms with Crippen molar-refractivity contribution in [2.45, 2.75) is 44.1 Å². The number of ether oxygens (including phenoxy) is 2. The van der Waals surface area contributed by atoms with Crippen LogP contribution in [0.25, 0.3) is 0 Å². The molecule has 2 fully saturated rings. The maximum absolute atomic E-state index is 6.08. The van der Waals surface area contributed by atoms with Crippen LogP contribution in [0.2, 0.25) is 0 Å². The van der Waals surface area contributed by atoms with Crippen LogP contribution < -0.4 is 5.32 Å². The zero-order chi connectivity index (χ0) is 14.0. The van der Waals surface area contributed by atoms with Crippen molar-refractivity contribution in [2.24, 2.45) is 0 Å². The van der Waals surface area contributed by atoms with Gasteiger partial charge in [-0.1, -0.05) is 0 Å². The van der Waals surface area contributed by atoms with Gasteiger partial charge in [0.1, 0.15) is 11.4 Å². The Morgan fingerprint density at radius 2 is 2.10 bits per heavy atom. The number of hydrogen-bond acceptors (Lipinski definition) is 5. The van der Waals surface area contributed by atoms with Crippen LogP contribution >= 0.6 is 0 Å². The van der Waals surface area contributed by atoms with E-state index >= 15 is 0 Å². The number of anilines is 1. The first-order valence-electron chi connectivity index (χ1n) is 7.56. The van der Waals surface area contributed by atoms with E-state index in [1.54, 1.807) is 0 Å². The summed E-state index contributed by atoms with van der Waals surface area (Å²) in [6.07, 6.45) is 4.14. The van der Waals surface area contributed by atoms with Gasteiger partial charge in [-0.15, -0.1) is 0 Å². The molecule has 0 atom stereocenters. The molecule has 0 bridgehead atoms. The van der Waals surface area contributed by atoms with Gasteiger partial charge in [0, 0.05) is 57.4 Å². The standard InChI is InChI=1S/C15H23N3O2/c1-3-20-15(6-8-19-9-7-15)14-17-12(11-4-5-11)10-13(16-2)18-14/h10-11H,3-9H2,1-2H3,(H,16,17,18). The molecule has 1 saturated heterocycles. The molecule has 3 rings (SSSR count). The van der Waals surface area contributed by atoms with Crippen molar-refractivity contribution in [3.05, 3.63) is 17.6 Å². The third-order valence-electron chi connectivity index (χ3n) is 4.13. The molecule has 20 heavy (non-hydrogen) atoms. The molecule has 0 spiro atoms. The van der Waals surface area contributed by atoms with Crippen molar-refractivity contribution >= 4 is 5.82 Å². The highest BCUT2D eigenvalue weighted by molar-refractivity contribution is 5.38. The van der Waals surface area contributed by atoms with E-state index in [4.69, 9.17) is 14.5 Å². The third-order valence-corrected chi connectivity index (χ3v) is 4.13. The van der Waals surface area contributed by atoms with Crippen molar-refractivity contribution in [1.29, 1.82) is 0 Å². The SMILES string of the molecule is CCOC1(c2nc(NC)cc(C3CC3)n2)CCOCC1. The average molecular weight is 277 g/mol. The maximum atomic E-state index is 6.08. The molecule has 1 aromatic heterocycles. The minimum absolute atomic E-state index is 0.372. The van der Waals surface area contributed by atoms with E-state index < -0.39 is 0 Å². The highest BCUT2D eigenvalue weighted by Crippen LogP contribution is 2.41. The molecule has 2 aliphatic rings. The molecule has 1 N–H and O–H groups in total. The molecule has 110 valence electrons. The van der Waals surface area contributed by atoms with E-state index in [1.807, 2.05) is 14.0 Å². The van der Waals surface area contributed by atoms with Crippen LogP contribution in [0.5, 0.6) is 0 Å². The molecule has 0 aromatic carbocycles. The summed E-state index contributed by atoms with van der Waals surface area (Å²) in [4.78, 5) is 9.50. The van der Waals surface area contributed by atoms with Crippen molar-refractivity contribution in [2.75, 3.05) is 32.2 Å². The summed E-state index contributed by atoms with van der Waals surface area (Å²) < 4.78 is 11.6. The third kappa shape index (κ3) is 2.65. The summed E-state index contributed by atoms with van der Waals surface area (Å²) in [6, 6.07) is 2.07. The van der Waals surface area contributed by atoms with Gasteiger partial charge in [-0.25, -0.2) is 9.97 Å². The lowest BCUT2D eigenvalue weighted by Crippen LogP contribution is -2.38. The number of nitrogens with one attached hydrogen (secondary N) is 1. The summed E-state index contributed by atoms with van der Waals surface area (Å²) in [5.74, 6) is 2.33. The zero-order valence-electron chi connectivity index (χ0n) is 12.3. The summed E-state index contributed by atoms with van der Waals surface area (Å²) in [7, 11) is 1.90. The second-order valence-corrected chi connectivity index (χ2v) is 5.57. The fourth-order valence-corrected chi connectivity index (χ4v) is 2.80. The first kappa shape index (κ1) is 13.8. The summed E-state index contributed by atoms with van der Waals surface area (Å²) >= 11 is 0. The second-order valence-electron chi connectivity index (χ2n) is 5.57. The molecule has 1 aliphatic heterocycles. The Labute approximate surface area is 120 Å². The van der Waals surface area contributed by atoms with Crippen molar-refractivity contribution in [1.82, 2.24) is 9.97 Å². The van der Waals surface area contributed by atoms with Crippen LogP contribution in [0.1, 0.15) is 50.0 Å². The predicted octanol–water partition coefficient (Wildman–Crippen LogP) is 2.44. The lowest BCUT2D eigenvalue weighted by molar-refractivity contribution is -0.117. The van der Waals surface area contributed by atoms with E-state index in [1.165, 1.54) is 12.8 Å². The smallest absolute Gasteiger partial charge is 0.163 e. The summed E-state index contributed by atoms with van der Waals surface area (Å²) in [6.45, 7) is 4.13. The molecule has 1 saturated carbocycles. The maximum Gasteiger partial charge on any atom is 0.163 e. The van der Waals surface area contributed by atoms with Gasteiger partial charge in [-0.3, -0.25) is 0 Å². The molecule has 1 aliphatic carbocycles. The Morgan fingerprint density at radius 3 is 2.70 bits per heavy atom. The molecular weight excluding hydrogens is 254 g/mol. The van der Waals surface area contributed by atoms with Gasteiger partial charge in [0.2, 0.25) is 0 Å². The van der Waals surface area contributed by atoms with Crippen LogP contribution in [0.4, 0.5) is 5.82 Å². The minimum Gasteiger partial charge on any atom is -0.381 e. The molecule has 0 amide bonds. The largest absolute Gasteiger partial charge is 0.381 e. The lowest BCUT2D eigenvalue weighted by Gasteiger charge is -2.35. The first-order valence-corrected chi connectivity index (χ1v) is 7.56. The van der Waals surface area contributed by atoms with Crippen LogP contribution in [0.3, 0.4) is 0 Å². The van der Waals surface area contributed by atoms with E-state index in [0.717, 1.165) is 30.2 Å². The fraction of sp³-hybridized carbons (Fsp3) is 0.733. The number of hydrogen-bond donors (Lipinski definition) is 1. The quantitative estimate of drug-likeness (QED) is 0.896. The molecule has 5 nitrogen and oxygen atoms in total. The first-order chi connectivity index (χ1) is 9.77. The van der Waals surface area contributed by atoms with E-state index in [2.05, 4.69) is 16.4 Å². The molecule has 2 heterocycles. The average Bonchev–Trinajstić information content (AvgIpc) is 3.33. The van der Waals surface area contributed by atoms with Gasteiger partial charge < -0.3 is 14.8 Å². The van der Waals surface area contributed by atoms with Gasteiger partial charge in [0.05, 0.1) is 0 Å². The van der Waals surface area contributed by atoms with Crippen molar-refractivity contribution in [3.63, 3.8) is 0 Å². The second kappa shape index (κ2) is 5.66. The van der Waals surface area contributed by atoms with Crippen molar-refractivity contribution in [3.8, 4) is 0 Å². The number of rotatable bonds is 5. The normalized spacial score (nSPS) is 21.7. The number of nitrogens with zero attached hydrogens (tertiary/aromatic N) is 2. The Bertz CT molecular complexity index is 463. The molecule has 0 unspecified atom stereocenters. The summed E-state index contributed by atoms with van der Waals surface area (Å²) in [5.41, 5.74) is 0.786. The van der Waals surface area contributed by atoms with E-state index in [-0.39, 0.29) is 5.60 Å². The Morgan fingerprint density at radius 1 is 1.35 bits per heavy atom. The predicted molar refractivity (Wildman–Crippen MR) is 76.9 cm³/mol. The van der Waals surface area contributed by atoms with Gasteiger partial charge in [-0.2, -0.15) is 0 Å². The molecule has 5 heteroatoms. The Kier molecular flexibility index (Phi) is 3.89. The topological polar surface area (TPSA) is 56.3 Å². The minimum atomic E-state index is -0.372. The highest BCUT2D eigenvalue weighted by atomic mass is 16.5. The van der Waals surface area contributed by atoms with Crippen LogP contribution in [0, 0.1) is 0 Å². The Hall–Kier alpha value is -1.20. The van der Waals surface area contributed by atoms with Gasteiger partial charge in [0.15, 0.2) is 5.82 Å². The van der Waals surface area contributed by atoms with E-state index in [0.29, 0.717) is 25.7 Å². The summed E-state index contributed by atoms with van der Waals surface area (Å²) in [5, 5.41) is 3.15. The molecule has 1 aromatic rings. The van der Waals surface area contributed by atoms with Crippen LogP contribution in [-0.4, -0.2) is 36.8 Å². The lowest BCUT2D eigenvalue weighted by atomic mass is 9.92.